The summed E-state index contributed by atoms with van der Waals surface area (Å²) in [5.41, 5.74) is 5.46. The second kappa shape index (κ2) is 8.18. The van der Waals surface area contributed by atoms with Gasteiger partial charge in [-0.05, 0) is 37.3 Å². The van der Waals surface area contributed by atoms with Crippen molar-refractivity contribution in [2.24, 2.45) is 0 Å². The van der Waals surface area contributed by atoms with Crippen molar-refractivity contribution in [3.8, 4) is 17.1 Å². The monoisotopic (exact) mass is 455 g/mol. The zero-order valence-electron chi connectivity index (χ0n) is 19.4. The highest BCUT2D eigenvalue weighted by molar-refractivity contribution is 6.28. The maximum absolute atomic E-state index is 13.7. The first-order valence-corrected chi connectivity index (χ1v) is 11.8. The number of ketones is 1. The molecule has 0 atom stereocenters. The molecule has 3 aromatic carbocycles. The Balaban J connectivity index is 1.53. The number of nitrogens with one attached hydrogen (secondary N) is 2. The zero-order chi connectivity index (χ0) is 23.2. The topological polar surface area (TPSA) is 72.0 Å². The van der Waals surface area contributed by atoms with Crippen LogP contribution >= 0.6 is 0 Å². The number of carbonyl (C=O) groups is 1. The van der Waals surface area contributed by atoms with Gasteiger partial charge < -0.3 is 24.4 Å². The molecule has 6 rings (SSSR count). The number of likely N-dealkylation sites (N-methyl/N-ethyl adjacent to an activating group) is 1. The van der Waals surface area contributed by atoms with E-state index in [1.54, 1.807) is 12.0 Å². The molecule has 1 fully saturated rings. The predicted octanol–water partition coefficient (Wildman–Crippen LogP) is 3.52. The molecule has 1 aromatic heterocycles. The van der Waals surface area contributed by atoms with Crippen LogP contribution in [0.1, 0.15) is 22.8 Å². The molecule has 0 unspecified atom stereocenters. The Morgan fingerprint density at radius 1 is 1.09 bits per heavy atom. The smallest absolute Gasteiger partial charge is 0.196 e. The third-order valence-corrected chi connectivity index (χ3v) is 7.06. The molecule has 1 aliphatic carbocycles. The molecular weight excluding hydrogens is 428 g/mol. The number of anilines is 3. The van der Waals surface area contributed by atoms with Gasteiger partial charge in [0.05, 0.1) is 62.2 Å². The van der Waals surface area contributed by atoms with Crippen molar-refractivity contribution in [2.75, 3.05) is 50.1 Å². The number of ether oxygens (including phenoxy) is 1. The first kappa shape index (κ1) is 20.7. The summed E-state index contributed by atoms with van der Waals surface area (Å²) in [5.74, 6) is 1.43. The van der Waals surface area contributed by atoms with Crippen LogP contribution in [0, 0.1) is 0 Å². The van der Waals surface area contributed by atoms with Crippen LogP contribution in [0.15, 0.2) is 59.1 Å². The maximum atomic E-state index is 13.7. The Labute approximate surface area is 197 Å². The van der Waals surface area contributed by atoms with E-state index in [1.807, 2.05) is 48.5 Å². The number of quaternary nitrogens is 1. The van der Waals surface area contributed by atoms with Crippen LogP contribution in [0.4, 0.5) is 17.1 Å². The van der Waals surface area contributed by atoms with Crippen molar-refractivity contribution in [3.63, 3.8) is 0 Å². The van der Waals surface area contributed by atoms with E-state index in [4.69, 9.17) is 9.26 Å². The molecule has 0 spiro atoms. The SMILES string of the molecule is CC[NH+]1CCN(c2cc(Nc3ccc(OC)cc3)c3c4c(onc24)-c2ccccc2C3=O)CC1. The van der Waals surface area contributed by atoms with Crippen molar-refractivity contribution < 1.29 is 19.0 Å². The third kappa shape index (κ3) is 3.23. The number of benzene rings is 3. The van der Waals surface area contributed by atoms with Gasteiger partial charge in [0, 0.05) is 16.8 Å². The third-order valence-electron chi connectivity index (χ3n) is 7.06. The normalized spacial score (nSPS) is 15.5. The number of nitrogens with zero attached hydrogens (tertiary/aromatic N) is 2. The van der Waals surface area contributed by atoms with E-state index in [2.05, 4.69) is 28.4 Å². The molecule has 0 radical (unpaired) electrons. The van der Waals surface area contributed by atoms with E-state index in [1.165, 1.54) is 0 Å². The molecule has 34 heavy (non-hydrogen) atoms. The highest BCUT2D eigenvalue weighted by Crippen LogP contribution is 2.46. The summed E-state index contributed by atoms with van der Waals surface area (Å²) in [6, 6.07) is 17.4. The first-order valence-electron chi connectivity index (χ1n) is 11.8. The Morgan fingerprint density at radius 3 is 2.53 bits per heavy atom. The van der Waals surface area contributed by atoms with E-state index in [-0.39, 0.29) is 5.78 Å². The molecule has 7 heteroatoms. The first-order chi connectivity index (χ1) is 16.7. The van der Waals surface area contributed by atoms with Crippen LogP contribution in [0.2, 0.25) is 0 Å². The molecule has 2 heterocycles. The van der Waals surface area contributed by atoms with Gasteiger partial charge in [-0.25, -0.2) is 0 Å². The summed E-state index contributed by atoms with van der Waals surface area (Å²) in [6.45, 7) is 7.39. The van der Waals surface area contributed by atoms with Crippen LogP contribution in [-0.4, -0.2) is 50.8 Å². The Kier molecular flexibility index (Phi) is 4.99. The number of aromatic nitrogens is 1. The van der Waals surface area contributed by atoms with Gasteiger partial charge in [-0.15, -0.1) is 0 Å². The lowest BCUT2D eigenvalue weighted by Crippen LogP contribution is -3.14. The average Bonchev–Trinajstić information content (AvgIpc) is 3.33. The summed E-state index contributed by atoms with van der Waals surface area (Å²) in [5, 5.41) is 8.78. The molecule has 7 nitrogen and oxygen atoms in total. The van der Waals surface area contributed by atoms with E-state index in [0.29, 0.717) is 16.9 Å². The van der Waals surface area contributed by atoms with Crippen LogP contribution in [0.25, 0.3) is 22.2 Å². The zero-order valence-corrected chi connectivity index (χ0v) is 19.4. The molecule has 2 aliphatic rings. The summed E-state index contributed by atoms with van der Waals surface area (Å²) < 4.78 is 11.2. The largest absolute Gasteiger partial charge is 0.497 e. The summed E-state index contributed by atoms with van der Waals surface area (Å²) in [6.07, 6.45) is 0. The van der Waals surface area contributed by atoms with Gasteiger partial charge >= 0.3 is 0 Å². The molecule has 4 aromatic rings. The maximum Gasteiger partial charge on any atom is 0.196 e. The molecule has 1 saturated heterocycles. The highest BCUT2D eigenvalue weighted by Gasteiger charge is 2.34. The van der Waals surface area contributed by atoms with E-state index in [9.17, 15) is 4.79 Å². The second-order valence-corrected chi connectivity index (χ2v) is 8.87. The number of rotatable bonds is 5. The Bertz CT molecular complexity index is 1390. The fourth-order valence-corrected chi connectivity index (χ4v) is 5.13. The lowest BCUT2D eigenvalue weighted by atomic mass is 9.86. The molecule has 2 N–H and O–H groups in total. The van der Waals surface area contributed by atoms with Crippen molar-refractivity contribution >= 4 is 33.7 Å². The van der Waals surface area contributed by atoms with Crippen LogP contribution < -0.4 is 19.9 Å². The Hall–Kier alpha value is -3.84. The summed E-state index contributed by atoms with van der Waals surface area (Å²) in [7, 11) is 1.65. The van der Waals surface area contributed by atoms with Gasteiger partial charge in [0.1, 0.15) is 11.3 Å². The minimum atomic E-state index is -0.0147. The van der Waals surface area contributed by atoms with Crippen molar-refractivity contribution in [1.82, 2.24) is 5.16 Å². The lowest BCUT2D eigenvalue weighted by Gasteiger charge is -2.33. The molecule has 0 amide bonds. The molecule has 172 valence electrons. The Morgan fingerprint density at radius 2 is 1.82 bits per heavy atom. The van der Waals surface area contributed by atoms with E-state index in [0.717, 1.165) is 72.0 Å². The summed E-state index contributed by atoms with van der Waals surface area (Å²) >= 11 is 0. The van der Waals surface area contributed by atoms with Crippen molar-refractivity contribution in [1.29, 1.82) is 0 Å². The lowest BCUT2D eigenvalue weighted by molar-refractivity contribution is -0.898. The van der Waals surface area contributed by atoms with E-state index < -0.39 is 0 Å². The van der Waals surface area contributed by atoms with E-state index >= 15 is 0 Å². The van der Waals surface area contributed by atoms with Gasteiger partial charge in [0.2, 0.25) is 0 Å². The average molecular weight is 456 g/mol. The van der Waals surface area contributed by atoms with Gasteiger partial charge in [-0.2, -0.15) is 0 Å². The minimum Gasteiger partial charge on any atom is -0.497 e. The number of carbonyl (C=O) groups excluding carboxylic acids is 1. The molecule has 1 aliphatic heterocycles. The van der Waals surface area contributed by atoms with Crippen molar-refractivity contribution in [3.05, 3.63) is 65.7 Å². The fourth-order valence-electron chi connectivity index (χ4n) is 5.13. The fraction of sp³-hybridized carbons (Fsp3) is 0.259. The molecule has 0 saturated carbocycles. The second-order valence-electron chi connectivity index (χ2n) is 8.87. The highest BCUT2D eigenvalue weighted by atomic mass is 16.5. The number of piperazine rings is 1. The summed E-state index contributed by atoms with van der Waals surface area (Å²) in [4.78, 5) is 17.7. The minimum absolute atomic E-state index is 0.0147. The predicted molar refractivity (Wildman–Crippen MR) is 133 cm³/mol. The molecule has 0 bridgehead atoms. The van der Waals surface area contributed by atoms with Crippen LogP contribution in [0.5, 0.6) is 5.75 Å². The van der Waals surface area contributed by atoms with Crippen LogP contribution in [0.3, 0.4) is 0 Å². The number of fused-ring (bicyclic) bond motifs is 2. The van der Waals surface area contributed by atoms with Crippen molar-refractivity contribution in [2.45, 2.75) is 6.92 Å². The number of hydrogen-bond acceptors (Lipinski definition) is 6. The van der Waals surface area contributed by atoms with Gasteiger partial charge in [-0.3, -0.25) is 4.79 Å². The number of hydrogen-bond donors (Lipinski definition) is 2. The standard InChI is InChI=1S/C27H26N4O3/c1-3-30-12-14-31(15-13-30)22-16-21(28-17-8-10-18(33-2)11-9-17)23-24-25(22)29-34-27(24)20-7-5-4-6-19(20)26(23)32/h4-11,16,28H,3,12-15H2,1-2H3/p+1. The van der Waals surface area contributed by atoms with Gasteiger partial charge in [0.15, 0.2) is 11.5 Å². The van der Waals surface area contributed by atoms with Gasteiger partial charge in [-0.1, -0.05) is 29.4 Å². The van der Waals surface area contributed by atoms with Gasteiger partial charge in [0.25, 0.3) is 0 Å². The van der Waals surface area contributed by atoms with Crippen LogP contribution in [-0.2, 0) is 0 Å². The molecular formula is C27H27N4O3+. The quantitative estimate of drug-likeness (QED) is 0.423. The number of methoxy groups -OCH3 is 1.